The van der Waals surface area contributed by atoms with Gasteiger partial charge in [-0.1, -0.05) is 97.1 Å². The zero-order chi connectivity index (χ0) is 30.0. The van der Waals surface area contributed by atoms with Gasteiger partial charge >= 0.3 is 0 Å². The largest absolute Gasteiger partial charge is 0.507 e. The third kappa shape index (κ3) is 3.64. The Bertz CT molecular complexity index is 2430. The van der Waals surface area contributed by atoms with Crippen LogP contribution in [-0.4, -0.2) is 20.1 Å². The fourth-order valence-corrected chi connectivity index (χ4v) is 7.19. The molecule has 1 atom stereocenters. The summed E-state index contributed by atoms with van der Waals surface area (Å²) in [6, 6.07) is 45.7. The monoisotopic (exact) mass is 579 g/mol. The van der Waals surface area contributed by atoms with Gasteiger partial charge in [-0.2, -0.15) is 0 Å². The highest BCUT2D eigenvalue weighted by Gasteiger charge is 2.48. The molecule has 0 saturated carbocycles. The fraction of sp³-hybridized carbons (Fsp3) is 0.0250. The molecule has 1 aliphatic carbocycles. The molecule has 8 aromatic rings. The Morgan fingerprint density at radius 3 is 2.38 bits per heavy atom. The van der Waals surface area contributed by atoms with Crippen LogP contribution in [0, 0.1) is 0 Å². The van der Waals surface area contributed by atoms with Gasteiger partial charge in [-0.15, -0.1) is 0 Å². The molecule has 0 spiro atoms. The summed E-state index contributed by atoms with van der Waals surface area (Å²) in [5.41, 5.74) is 9.64. The number of pyridine rings is 1. The van der Waals surface area contributed by atoms with E-state index in [-0.39, 0.29) is 5.75 Å². The van der Waals surface area contributed by atoms with E-state index in [0.29, 0.717) is 17.0 Å². The van der Waals surface area contributed by atoms with Crippen LogP contribution in [0.25, 0.3) is 55.5 Å². The second-order valence-corrected chi connectivity index (χ2v) is 11.4. The molecular weight excluding hydrogens is 554 g/mol. The van der Waals surface area contributed by atoms with Gasteiger partial charge in [0.15, 0.2) is 0 Å². The first-order valence-electron chi connectivity index (χ1n) is 14.9. The van der Waals surface area contributed by atoms with Crippen LogP contribution < -0.4 is 0 Å². The molecule has 5 heteroatoms. The number of phenolic OH excluding ortho intramolecular Hbond substituents is 1. The molecule has 1 unspecified atom stereocenters. The lowest BCUT2D eigenvalue weighted by atomic mass is 9.69. The van der Waals surface area contributed by atoms with Crippen LogP contribution in [0.3, 0.4) is 0 Å². The molecule has 0 bridgehead atoms. The maximum atomic E-state index is 10.8. The van der Waals surface area contributed by atoms with Crippen LogP contribution >= 0.6 is 0 Å². The molecule has 5 aromatic carbocycles. The van der Waals surface area contributed by atoms with Gasteiger partial charge in [0.25, 0.3) is 0 Å². The third-order valence-electron chi connectivity index (χ3n) is 9.08. The minimum absolute atomic E-state index is 0.198. The number of aromatic hydroxyl groups is 1. The highest BCUT2D eigenvalue weighted by Crippen LogP contribution is 2.57. The Morgan fingerprint density at radius 2 is 1.44 bits per heavy atom. The lowest BCUT2D eigenvalue weighted by molar-refractivity contribution is 0.477. The lowest BCUT2D eigenvalue weighted by Gasteiger charge is -2.33. The number of hydrogen-bond acceptors (Lipinski definition) is 5. The van der Waals surface area contributed by atoms with E-state index in [1.807, 2.05) is 36.4 Å². The summed E-state index contributed by atoms with van der Waals surface area (Å²) >= 11 is 0. The van der Waals surface area contributed by atoms with Gasteiger partial charge in [-0.25, -0.2) is 9.97 Å². The first-order chi connectivity index (χ1) is 22.2. The van der Waals surface area contributed by atoms with Crippen LogP contribution in [0.5, 0.6) is 5.75 Å². The van der Waals surface area contributed by atoms with Crippen molar-refractivity contribution in [3.05, 3.63) is 168 Å². The number of benzene rings is 5. The van der Waals surface area contributed by atoms with Gasteiger partial charge in [0.05, 0.1) is 34.1 Å². The number of fused-ring (bicyclic) bond motifs is 6. The molecule has 0 radical (unpaired) electrons. The minimum Gasteiger partial charge on any atom is -0.507 e. The predicted molar refractivity (Wildman–Crippen MR) is 177 cm³/mol. The van der Waals surface area contributed by atoms with Crippen LogP contribution in [0.2, 0.25) is 0 Å². The first-order valence-corrected chi connectivity index (χ1v) is 14.9. The van der Waals surface area contributed by atoms with Crippen molar-refractivity contribution < 1.29 is 9.52 Å². The molecule has 0 aliphatic heterocycles. The van der Waals surface area contributed by atoms with Gasteiger partial charge in [0, 0.05) is 11.1 Å². The Morgan fingerprint density at radius 1 is 0.622 bits per heavy atom. The smallest absolute Gasteiger partial charge is 0.229 e. The molecule has 1 N–H and O–H groups in total. The molecule has 0 saturated heterocycles. The minimum atomic E-state index is -0.755. The number of rotatable bonds is 4. The number of phenols is 1. The third-order valence-corrected chi connectivity index (χ3v) is 9.08. The molecule has 3 heterocycles. The van der Waals surface area contributed by atoms with Crippen LogP contribution in [-0.2, 0) is 5.41 Å². The van der Waals surface area contributed by atoms with Crippen molar-refractivity contribution in [1.29, 1.82) is 0 Å². The zero-order valence-corrected chi connectivity index (χ0v) is 24.1. The standard InChI is InChI=1S/C40H25N3O2/c44-35-17-6-4-14-30(35)34-16-8-18-36(43-34)40(27-11-7-10-26(23-27)38-31-21-22-45-39(31)42-24-41-38)32-15-5-3-13-29(32)37-28-12-2-1-9-25(28)19-20-33(37)40/h1-24,44H. The molecule has 9 rings (SSSR count). The molecule has 1 aliphatic rings. The Labute approximate surface area is 259 Å². The Hall–Kier alpha value is -6.07. The second-order valence-electron chi connectivity index (χ2n) is 11.4. The average molecular weight is 580 g/mol. The zero-order valence-electron chi connectivity index (χ0n) is 24.1. The van der Waals surface area contributed by atoms with Gasteiger partial charge in [-0.05, 0) is 75.0 Å². The summed E-state index contributed by atoms with van der Waals surface area (Å²) in [5, 5.41) is 14.1. The van der Waals surface area contributed by atoms with Crippen molar-refractivity contribution in [3.8, 4) is 39.4 Å². The topological polar surface area (TPSA) is 72.0 Å². The summed E-state index contributed by atoms with van der Waals surface area (Å²) in [6.45, 7) is 0. The van der Waals surface area contributed by atoms with E-state index in [9.17, 15) is 5.11 Å². The van der Waals surface area contributed by atoms with Crippen molar-refractivity contribution in [2.45, 2.75) is 5.41 Å². The maximum Gasteiger partial charge on any atom is 0.229 e. The molecule has 0 amide bonds. The highest BCUT2D eigenvalue weighted by atomic mass is 16.3. The van der Waals surface area contributed by atoms with Crippen molar-refractivity contribution >= 4 is 21.9 Å². The van der Waals surface area contributed by atoms with E-state index in [0.717, 1.165) is 39.0 Å². The van der Waals surface area contributed by atoms with Crippen molar-refractivity contribution in [3.63, 3.8) is 0 Å². The van der Waals surface area contributed by atoms with Crippen LogP contribution in [0.4, 0.5) is 0 Å². The molecule has 45 heavy (non-hydrogen) atoms. The predicted octanol–water partition coefficient (Wildman–Crippen LogP) is 9.17. The van der Waals surface area contributed by atoms with E-state index < -0.39 is 5.41 Å². The number of furan rings is 1. The summed E-state index contributed by atoms with van der Waals surface area (Å²) in [7, 11) is 0. The maximum absolute atomic E-state index is 10.8. The fourth-order valence-electron chi connectivity index (χ4n) is 7.19. The summed E-state index contributed by atoms with van der Waals surface area (Å²) < 4.78 is 5.62. The van der Waals surface area contributed by atoms with Gasteiger partial charge < -0.3 is 9.52 Å². The quantitative estimate of drug-likeness (QED) is 0.225. The van der Waals surface area contributed by atoms with E-state index in [2.05, 4.69) is 96.0 Å². The molecule has 3 aromatic heterocycles. The van der Waals surface area contributed by atoms with E-state index in [1.165, 1.54) is 21.9 Å². The number of nitrogens with zero attached hydrogens (tertiary/aromatic N) is 3. The molecule has 0 fully saturated rings. The number of aromatic nitrogens is 3. The van der Waals surface area contributed by atoms with Crippen molar-refractivity contribution in [2.75, 3.05) is 0 Å². The van der Waals surface area contributed by atoms with Gasteiger partial charge in [0.1, 0.15) is 12.1 Å². The SMILES string of the molecule is Oc1ccccc1-c1cccc(C2(c3cccc(-c4ncnc5occc45)c3)c3ccccc3-c3c2ccc2ccccc32)n1. The number of hydrogen-bond donors (Lipinski definition) is 1. The first kappa shape index (κ1) is 25.4. The lowest BCUT2D eigenvalue weighted by Crippen LogP contribution is -2.30. The summed E-state index contributed by atoms with van der Waals surface area (Å²) in [4.78, 5) is 14.4. The molecule has 212 valence electrons. The average Bonchev–Trinajstić information content (AvgIpc) is 3.70. The van der Waals surface area contributed by atoms with E-state index in [1.54, 1.807) is 18.7 Å². The van der Waals surface area contributed by atoms with E-state index >= 15 is 0 Å². The Balaban J connectivity index is 1.40. The summed E-state index contributed by atoms with van der Waals surface area (Å²) in [5.74, 6) is 0.198. The van der Waals surface area contributed by atoms with Gasteiger partial charge in [-0.3, -0.25) is 4.98 Å². The van der Waals surface area contributed by atoms with E-state index in [4.69, 9.17) is 14.4 Å². The van der Waals surface area contributed by atoms with Crippen LogP contribution in [0.15, 0.2) is 150 Å². The van der Waals surface area contributed by atoms with Crippen LogP contribution in [0.1, 0.15) is 22.4 Å². The molecular formula is C40H25N3O2. The van der Waals surface area contributed by atoms with Crippen molar-refractivity contribution in [2.24, 2.45) is 0 Å². The van der Waals surface area contributed by atoms with Crippen molar-refractivity contribution in [1.82, 2.24) is 15.0 Å². The summed E-state index contributed by atoms with van der Waals surface area (Å²) in [6.07, 6.45) is 3.20. The highest BCUT2D eigenvalue weighted by molar-refractivity contribution is 6.04. The second kappa shape index (κ2) is 9.73. The Kier molecular flexibility index (Phi) is 5.50. The van der Waals surface area contributed by atoms with Gasteiger partial charge in [0.2, 0.25) is 5.71 Å². The number of para-hydroxylation sites is 1. The molecule has 5 nitrogen and oxygen atoms in total. The normalized spacial score (nSPS) is 15.3.